The van der Waals surface area contributed by atoms with Crippen molar-refractivity contribution >= 4 is 41.3 Å². The highest BCUT2D eigenvalue weighted by molar-refractivity contribution is 14.0. The van der Waals surface area contributed by atoms with E-state index < -0.39 is 0 Å². The molecule has 1 aromatic heterocycles. The van der Waals surface area contributed by atoms with Crippen LogP contribution in [-0.4, -0.2) is 43.2 Å². The van der Waals surface area contributed by atoms with E-state index in [2.05, 4.69) is 34.3 Å². The molecule has 0 spiro atoms. The van der Waals surface area contributed by atoms with Crippen LogP contribution in [0.25, 0.3) is 0 Å². The Morgan fingerprint density at radius 1 is 1.26 bits per heavy atom. The summed E-state index contributed by atoms with van der Waals surface area (Å²) in [4.78, 5) is 12.6. The molecule has 1 aliphatic rings. The zero-order chi connectivity index (χ0) is 18.5. The second-order valence-corrected chi connectivity index (χ2v) is 7.48. The molecule has 1 aliphatic heterocycles. The van der Waals surface area contributed by atoms with Gasteiger partial charge in [-0.05, 0) is 43.5 Å². The summed E-state index contributed by atoms with van der Waals surface area (Å²) >= 11 is 1.70. The first-order valence-electron chi connectivity index (χ1n) is 8.83. The molecule has 2 aromatic rings. The molecule has 8 heteroatoms. The van der Waals surface area contributed by atoms with Gasteiger partial charge in [0.1, 0.15) is 0 Å². The van der Waals surface area contributed by atoms with Crippen molar-refractivity contribution in [3.05, 3.63) is 39.3 Å². The summed E-state index contributed by atoms with van der Waals surface area (Å²) in [5.74, 6) is 2.51. The van der Waals surface area contributed by atoms with E-state index in [0.29, 0.717) is 6.54 Å². The molecule has 0 unspecified atom stereocenters. The van der Waals surface area contributed by atoms with Crippen molar-refractivity contribution in [2.24, 2.45) is 4.99 Å². The molecule has 0 fully saturated rings. The third-order valence-corrected chi connectivity index (χ3v) is 5.30. The largest absolute Gasteiger partial charge is 0.493 e. The van der Waals surface area contributed by atoms with Gasteiger partial charge >= 0.3 is 0 Å². The number of hydrogen-bond donors (Lipinski definition) is 1. The number of guanidine groups is 1. The van der Waals surface area contributed by atoms with Crippen molar-refractivity contribution in [3.8, 4) is 11.5 Å². The summed E-state index contributed by atoms with van der Waals surface area (Å²) in [6.45, 7) is 7.35. The number of nitrogens with one attached hydrogen (secondary N) is 1. The first kappa shape index (κ1) is 21.7. The Hall–Kier alpha value is -1.55. The van der Waals surface area contributed by atoms with E-state index in [4.69, 9.17) is 14.5 Å². The third kappa shape index (κ3) is 5.25. The predicted molar refractivity (Wildman–Crippen MR) is 121 cm³/mol. The number of hydrogen-bond acceptors (Lipinski definition) is 5. The number of nitrogens with zero attached hydrogens (tertiary/aromatic N) is 3. The van der Waals surface area contributed by atoms with Gasteiger partial charge in [-0.1, -0.05) is 0 Å². The molecule has 27 heavy (non-hydrogen) atoms. The fourth-order valence-corrected chi connectivity index (χ4v) is 3.84. The monoisotopic (exact) mass is 502 g/mol. The maximum absolute atomic E-state index is 5.46. The first-order valence-corrected chi connectivity index (χ1v) is 9.64. The Balaban J connectivity index is 0.00000261. The topological polar surface area (TPSA) is 59.0 Å². The van der Waals surface area contributed by atoms with E-state index in [-0.39, 0.29) is 24.0 Å². The van der Waals surface area contributed by atoms with Crippen LogP contribution in [0.1, 0.15) is 27.9 Å². The van der Waals surface area contributed by atoms with Crippen molar-refractivity contribution in [1.29, 1.82) is 0 Å². The van der Waals surface area contributed by atoms with Crippen molar-refractivity contribution in [3.63, 3.8) is 0 Å². The highest BCUT2D eigenvalue weighted by atomic mass is 127. The molecule has 0 aliphatic carbocycles. The molecule has 0 saturated heterocycles. The molecule has 0 bridgehead atoms. The molecular weight excluding hydrogens is 475 g/mol. The van der Waals surface area contributed by atoms with Crippen LogP contribution < -0.4 is 14.8 Å². The lowest BCUT2D eigenvalue weighted by molar-refractivity contribution is 0.346. The van der Waals surface area contributed by atoms with Crippen molar-refractivity contribution in [2.45, 2.75) is 33.4 Å². The van der Waals surface area contributed by atoms with Gasteiger partial charge in [0.05, 0.1) is 25.8 Å². The average Bonchev–Trinajstić information content (AvgIpc) is 3.08. The second-order valence-electron chi connectivity index (χ2n) is 6.16. The number of aliphatic imine (C=N–C) groups is 1. The van der Waals surface area contributed by atoms with Crippen molar-refractivity contribution in [2.75, 3.05) is 27.3 Å². The summed E-state index contributed by atoms with van der Waals surface area (Å²) in [6, 6.07) is 4.17. The van der Waals surface area contributed by atoms with E-state index >= 15 is 0 Å². The minimum Gasteiger partial charge on any atom is -0.493 e. The van der Waals surface area contributed by atoms with Crippen LogP contribution in [0.3, 0.4) is 0 Å². The lowest BCUT2D eigenvalue weighted by Gasteiger charge is -2.32. The van der Waals surface area contributed by atoms with Crippen LogP contribution in [0, 0.1) is 6.92 Å². The number of thiazole rings is 1. The molecule has 0 amide bonds. The summed E-state index contributed by atoms with van der Waals surface area (Å²) in [6.07, 6.45) is 2.87. The van der Waals surface area contributed by atoms with Gasteiger partial charge in [-0.2, -0.15) is 0 Å². The molecule has 1 N–H and O–H groups in total. The number of fused-ring (bicyclic) bond motifs is 1. The van der Waals surface area contributed by atoms with Crippen LogP contribution in [0.2, 0.25) is 0 Å². The lowest BCUT2D eigenvalue weighted by Crippen LogP contribution is -2.44. The smallest absolute Gasteiger partial charge is 0.194 e. The van der Waals surface area contributed by atoms with E-state index in [1.807, 2.05) is 13.1 Å². The molecule has 1 aromatic carbocycles. The summed E-state index contributed by atoms with van der Waals surface area (Å²) in [5.41, 5.74) is 2.57. The van der Waals surface area contributed by atoms with Crippen LogP contribution in [0.5, 0.6) is 11.5 Å². The van der Waals surface area contributed by atoms with Crippen LogP contribution in [0.15, 0.2) is 23.3 Å². The number of aryl methyl sites for hydroxylation is 1. The maximum atomic E-state index is 5.46. The number of methoxy groups -OCH3 is 2. The average molecular weight is 502 g/mol. The quantitative estimate of drug-likeness (QED) is 0.385. The lowest BCUT2D eigenvalue weighted by atomic mass is 9.99. The molecular formula is C19H27IN4O2S. The van der Waals surface area contributed by atoms with Crippen molar-refractivity contribution in [1.82, 2.24) is 15.2 Å². The molecule has 6 nitrogen and oxygen atoms in total. The maximum Gasteiger partial charge on any atom is 0.194 e. The highest BCUT2D eigenvalue weighted by Crippen LogP contribution is 2.33. The number of halogens is 1. The van der Waals surface area contributed by atoms with E-state index in [1.165, 1.54) is 16.0 Å². The van der Waals surface area contributed by atoms with Crippen LogP contribution in [0.4, 0.5) is 0 Å². The number of benzene rings is 1. The zero-order valence-electron chi connectivity index (χ0n) is 16.2. The van der Waals surface area contributed by atoms with Gasteiger partial charge in [0.2, 0.25) is 0 Å². The molecule has 3 rings (SSSR count). The van der Waals surface area contributed by atoms with Gasteiger partial charge < -0.3 is 19.7 Å². The Kier molecular flexibility index (Phi) is 8.15. The third-order valence-electron chi connectivity index (χ3n) is 4.41. The Labute approximate surface area is 182 Å². The van der Waals surface area contributed by atoms with Crippen LogP contribution >= 0.6 is 35.3 Å². The second kappa shape index (κ2) is 10.1. The summed E-state index contributed by atoms with van der Waals surface area (Å²) < 4.78 is 10.9. The predicted octanol–water partition coefficient (Wildman–Crippen LogP) is 3.61. The van der Waals surface area contributed by atoms with Crippen LogP contribution in [-0.2, 0) is 19.5 Å². The zero-order valence-corrected chi connectivity index (χ0v) is 19.4. The van der Waals surface area contributed by atoms with Gasteiger partial charge in [0, 0.05) is 30.7 Å². The highest BCUT2D eigenvalue weighted by Gasteiger charge is 2.21. The molecule has 0 atom stereocenters. The minimum absolute atomic E-state index is 0. The normalized spacial score (nSPS) is 13.6. The number of ether oxygens (including phenoxy) is 2. The van der Waals surface area contributed by atoms with E-state index in [1.54, 1.807) is 25.6 Å². The fraction of sp³-hybridized carbons (Fsp3) is 0.474. The fourth-order valence-electron chi connectivity index (χ4n) is 3.12. The van der Waals surface area contributed by atoms with Crippen molar-refractivity contribution < 1.29 is 9.47 Å². The minimum atomic E-state index is 0. The molecule has 2 heterocycles. The van der Waals surface area contributed by atoms with Gasteiger partial charge in [-0.3, -0.25) is 0 Å². The van der Waals surface area contributed by atoms with Gasteiger partial charge in [-0.25, -0.2) is 9.98 Å². The van der Waals surface area contributed by atoms with Gasteiger partial charge in [-0.15, -0.1) is 35.3 Å². The molecule has 148 valence electrons. The SMILES string of the molecule is CCNC(=NCc1cnc(C)s1)N1CCc2cc(OC)c(OC)cc2C1.I. The van der Waals surface area contributed by atoms with Gasteiger partial charge in [0.15, 0.2) is 17.5 Å². The van der Waals surface area contributed by atoms with E-state index in [9.17, 15) is 0 Å². The Morgan fingerprint density at radius 2 is 1.96 bits per heavy atom. The molecule has 0 saturated carbocycles. The number of aromatic nitrogens is 1. The first-order chi connectivity index (χ1) is 12.6. The summed E-state index contributed by atoms with van der Waals surface area (Å²) in [5, 5.41) is 4.49. The molecule has 0 radical (unpaired) electrons. The Bertz CT molecular complexity index is 794. The standard InChI is InChI=1S/C19H26N4O2S.HI/c1-5-20-19(22-11-16-10-21-13(2)26-16)23-7-6-14-8-17(24-3)18(25-4)9-15(14)12-23;/h8-10H,5-7,11-12H2,1-4H3,(H,20,22);1H. The van der Waals surface area contributed by atoms with Gasteiger partial charge in [0.25, 0.3) is 0 Å². The van der Waals surface area contributed by atoms with E-state index in [0.717, 1.165) is 48.5 Å². The Morgan fingerprint density at radius 3 is 2.56 bits per heavy atom. The summed E-state index contributed by atoms with van der Waals surface area (Å²) in [7, 11) is 3.35. The number of rotatable bonds is 5.